The number of rotatable bonds is 7. The molecule has 6 heteroatoms. The van der Waals surface area contributed by atoms with Crippen LogP contribution in [0.4, 0.5) is 4.39 Å². The molecule has 0 unspecified atom stereocenters. The first-order chi connectivity index (χ1) is 8.50. The van der Waals surface area contributed by atoms with Crippen LogP contribution in [0.1, 0.15) is 19.4 Å². The molecule has 18 heavy (non-hydrogen) atoms. The first-order valence-electron chi connectivity index (χ1n) is 5.84. The molecule has 0 fully saturated rings. The molecular formula is C12H18BFO4. The van der Waals surface area contributed by atoms with Crippen molar-refractivity contribution < 1.29 is 23.9 Å². The molecule has 0 saturated carbocycles. The fraction of sp³-hybridized carbons (Fsp3) is 0.500. The summed E-state index contributed by atoms with van der Waals surface area (Å²) in [7, 11) is -1.70. The molecule has 4 nitrogen and oxygen atoms in total. The van der Waals surface area contributed by atoms with Gasteiger partial charge in [-0.3, -0.25) is 0 Å². The molecule has 0 saturated heterocycles. The Morgan fingerprint density at radius 3 is 2.61 bits per heavy atom. The van der Waals surface area contributed by atoms with Gasteiger partial charge in [-0.05, 0) is 37.0 Å². The van der Waals surface area contributed by atoms with Gasteiger partial charge >= 0.3 is 7.12 Å². The molecule has 0 spiro atoms. The zero-order valence-electron chi connectivity index (χ0n) is 10.6. The zero-order chi connectivity index (χ0) is 13.5. The van der Waals surface area contributed by atoms with E-state index >= 15 is 0 Å². The highest BCUT2D eigenvalue weighted by atomic mass is 19.1. The summed E-state index contributed by atoms with van der Waals surface area (Å²) < 4.78 is 23.6. The molecule has 0 amide bonds. The summed E-state index contributed by atoms with van der Waals surface area (Å²) in [5.74, 6) is -0.509. The lowest BCUT2D eigenvalue weighted by molar-refractivity contribution is 0.0144. The quantitative estimate of drug-likeness (QED) is 0.549. The lowest BCUT2D eigenvalue weighted by atomic mass is 9.77. The van der Waals surface area contributed by atoms with Crippen molar-refractivity contribution in [2.75, 3.05) is 13.2 Å². The number of hydrogen-bond donors (Lipinski definition) is 2. The van der Waals surface area contributed by atoms with Gasteiger partial charge in [-0.2, -0.15) is 0 Å². The topological polar surface area (TPSA) is 58.9 Å². The molecule has 0 aliphatic rings. The van der Waals surface area contributed by atoms with Gasteiger partial charge in [0.25, 0.3) is 0 Å². The Morgan fingerprint density at radius 1 is 1.28 bits per heavy atom. The van der Waals surface area contributed by atoms with E-state index in [0.717, 1.165) is 6.07 Å². The van der Waals surface area contributed by atoms with Gasteiger partial charge in [0.05, 0.1) is 25.9 Å². The number of halogens is 1. The number of benzene rings is 1. The van der Waals surface area contributed by atoms with Crippen molar-refractivity contribution in [2.45, 2.75) is 26.6 Å². The molecule has 0 bridgehead atoms. The first-order valence-corrected chi connectivity index (χ1v) is 5.84. The standard InChI is InChI=1S/C12H18BFO4/c1-9(2)18-6-5-17-8-10-3-4-11(14)7-12(10)13(15)16/h3-4,7,9,15-16H,5-6,8H2,1-2H3. The molecule has 100 valence electrons. The van der Waals surface area contributed by atoms with Gasteiger partial charge in [0.1, 0.15) is 5.82 Å². The molecule has 1 rings (SSSR count). The zero-order valence-corrected chi connectivity index (χ0v) is 10.6. The van der Waals surface area contributed by atoms with E-state index in [-0.39, 0.29) is 18.2 Å². The molecule has 2 N–H and O–H groups in total. The van der Waals surface area contributed by atoms with Crippen LogP contribution in [0.15, 0.2) is 18.2 Å². The minimum Gasteiger partial charge on any atom is -0.423 e. The Labute approximate surface area is 106 Å². The van der Waals surface area contributed by atoms with Gasteiger partial charge in [-0.25, -0.2) is 4.39 Å². The van der Waals surface area contributed by atoms with Gasteiger partial charge in [-0.1, -0.05) is 6.07 Å². The molecule has 0 aliphatic carbocycles. The summed E-state index contributed by atoms with van der Waals surface area (Å²) in [6.45, 7) is 4.92. The van der Waals surface area contributed by atoms with Crippen LogP contribution in [-0.2, 0) is 16.1 Å². The second-order valence-electron chi connectivity index (χ2n) is 4.19. The Hall–Kier alpha value is -0.945. The van der Waals surface area contributed by atoms with E-state index in [1.807, 2.05) is 13.8 Å². The van der Waals surface area contributed by atoms with Crippen LogP contribution in [0.5, 0.6) is 0 Å². The molecule has 0 heterocycles. The predicted molar refractivity (Wildman–Crippen MR) is 67.0 cm³/mol. The van der Waals surface area contributed by atoms with Gasteiger partial charge in [-0.15, -0.1) is 0 Å². The Bertz CT molecular complexity index is 371. The maximum atomic E-state index is 13.0. The van der Waals surface area contributed by atoms with Gasteiger partial charge in [0.15, 0.2) is 0 Å². The minimum absolute atomic E-state index is 0.125. The second-order valence-corrected chi connectivity index (χ2v) is 4.19. The number of hydrogen-bond acceptors (Lipinski definition) is 4. The average molecular weight is 256 g/mol. The third-order valence-electron chi connectivity index (χ3n) is 2.32. The van der Waals surface area contributed by atoms with Gasteiger partial charge in [0.2, 0.25) is 0 Å². The van der Waals surface area contributed by atoms with Crippen molar-refractivity contribution in [1.29, 1.82) is 0 Å². The van der Waals surface area contributed by atoms with E-state index in [4.69, 9.17) is 19.5 Å². The molecule has 0 radical (unpaired) electrons. The van der Waals surface area contributed by atoms with Crippen LogP contribution >= 0.6 is 0 Å². The highest BCUT2D eigenvalue weighted by molar-refractivity contribution is 6.59. The SMILES string of the molecule is CC(C)OCCOCc1ccc(F)cc1B(O)O. The van der Waals surface area contributed by atoms with Crippen LogP contribution < -0.4 is 5.46 Å². The lowest BCUT2D eigenvalue weighted by Gasteiger charge is -2.11. The van der Waals surface area contributed by atoms with Crippen molar-refractivity contribution in [3.05, 3.63) is 29.6 Å². The first kappa shape index (κ1) is 15.1. The summed E-state index contributed by atoms with van der Waals surface area (Å²) in [4.78, 5) is 0. The normalized spacial score (nSPS) is 11.0. The van der Waals surface area contributed by atoms with Crippen LogP contribution in [-0.4, -0.2) is 36.5 Å². The van der Waals surface area contributed by atoms with Crippen molar-refractivity contribution in [3.8, 4) is 0 Å². The monoisotopic (exact) mass is 256 g/mol. The van der Waals surface area contributed by atoms with E-state index in [0.29, 0.717) is 18.8 Å². The lowest BCUT2D eigenvalue weighted by Crippen LogP contribution is -2.33. The molecule has 0 aromatic heterocycles. The largest absolute Gasteiger partial charge is 0.488 e. The summed E-state index contributed by atoms with van der Waals surface area (Å²) >= 11 is 0. The fourth-order valence-electron chi connectivity index (χ4n) is 1.46. The maximum Gasteiger partial charge on any atom is 0.488 e. The molecule has 0 aliphatic heterocycles. The average Bonchev–Trinajstić information content (AvgIpc) is 2.29. The molecular weight excluding hydrogens is 238 g/mol. The smallest absolute Gasteiger partial charge is 0.423 e. The summed E-state index contributed by atoms with van der Waals surface area (Å²) in [5, 5.41) is 18.2. The minimum atomic E-state index is -1.70. The van der Waals surface area contributed by atoms with E-state index < -0.39 is 12.9 Å². The van der Waals surface area contributed by atoms with E-state index in [9.17, 15) is 4.39 Å². The van der Waals surface area contributed by atoms with Crippen molar-refractivity contribution >= 4 is 12.6 Å². The van der Waals surface area contributed by atoms with Gasteiger partial charge < -0.3 is 19.5 Å². The van der Waals surface area contributed by atoms with Crippen molar-refractivity contribution in [3.63, 3.8) is 0 Å². The van der Waals surface area contributed by atoms with E-state index in [1.54, 1.807) is 0 Å². The van der Waals surface area contributed by atoms with Crippen LogP contribution in [0.25, 0.3) is 0 Å². The highest BCUT2D eigenvalue weighted by Crippen LogP contribution is 2.03. The third kappa shape index (κ3) is 5.14. The summed E-state index contributed by atoms with van der Waals surface area (Å²) in [6.07, 6.45) is 0.147. The molecule has 1 aromatic rings. The molecule has 1 aromatic carbocycles. The van der Waals surface area contributed by atoms with E-state index in [2.05, 4.69) is 0 Å². The number of ether oxygens (including phenoxy) is 2. The van der Waals surface area contributed by atoms with Crippen LogP contribution in [0, 0.1) is 5.82 Å². The van der Waals surface area contributed by atoms with Gasteiger partial charge in [0, 0.05) is 0 Å². The van der Waals surface area contributed by atoms with Crippen LogP contribution in [0.3, 0.4) is 0 Å². The highest BCUT2D eigenvalue weighted by Gasteiger charge is 2.16. The van der Waals surface area contributed by atoms with Crippen molar-refractivity contribution in [2.24, 2.45) is 0 Å². The van der Waals surface area contributed by atoms with E-state index in [1.165, 1.54) is 12.1 Å². The molecule has 0 atom stereocenters. The summed E-state index contributed by atoms with van der Waals surface area (Å²) in [6, 6.07) is 3.83. The second kappa shape index (κ2) is 7.48. The Kier molecular flexibility index (Phi) is 6.28. The van der Waals surface area contributed by atoms with Crippen LogP contribution in [0.2, 0.25) is 0 Å². The summed E-state index contributed by atoms with van der Waals surface area (Å²) in [5.41, 5.74) is 0.677. The Morgan fingerprint density at radius 2 is 2.00 bits per heavy atom. The predicted octanol–water partition coefficient (Wildman–Crippen LogP) is 0.447. The fourth-order valence-corrected chi connectivity index (χ4v) is 1.46. The Balaban J connectivity index is 2.46. The maximum absolute atomic E-state index is 13.0. The third-order valence-corrected chi connectivity index (χ3v) is 2.32. The van der Waals surface area contributed by atoms with Crippen molar-refractivity contribution in [1.82, 2.24) is 0 Å².